The molecule has 1 amide bonds. The smallest absolute Gasteiger partial charge is 0.238 e. The van der Waals surface area contributed by atoms with Gasteiger partial charge < -0.3 is 15.7 Å². The van der Waals surface area contributed by atoms with Gasteiger partial charge in [0, 0.05) is 17.8 Å². The molecule has 0 heterocycles. The van der Waals surface area contributed by atoms with Crippen LogP contribution in [0.15, 0.2) is 54.6 Å². The van der Waals surface area contributed by atoms with E-state index in [0.29, 0.717) is 6.54 Å². The van der Waals surface area contributed by atoms with Gasteiger partial charge in [0.1, 0.15) is 5.75 Å². The van der Waals surface area contributed by atoms with Gasteiger partial charge >= 0.3 is 0 Å². The average molecular weight is 256 g/mol. The van der Waals surface area contributed by atoms with Crippen molar-refractivity contribution in [2.24, 2.45) is 0 Å². The summed E-state index contributed by atoms with van der Waals surface area (Å²) >= 11 is 0. The predicted molar refractivity (Wildman–Crippen MR) is 74.9 cm³/mol. The first-order chi connectivity index (χ1) is 9.25. The van der Waals surface area contributed by atoms with Gasteiger partial charge in [0.25, 0.3) is 0 Å². The van der Waals surface area contributed by atoms with E-state index in [4.69, 9.17) is 0 Å². The van der Waals surface area contributed by atoms with E-state index in [2.05, 4.69) is 10.6 Å². The second-order valence-corrected chi connectivity index (χ2v) is 4.15. The molecule has 19 heavy (non-hydrogen) atoms. The molecule has 0 atom stereocenters. The summed E-state index contributed by atoms with van der Waals surface area (Å²) in [5.74, 6) is 0.125. The third kappa shape index (κ3) is 4.12. The van der Waals surface area contributed by atoms with E-state index < -0.39 is 0 Å². The van der Waals surface area contributed by atoms with Gasteiger partial charge in [0.05, 0.1) is 6.54 Å². The van der Waals surface area contributed by atoms with Crippen LogP contribution in [0.25, 0.3) is 0 Å². The molecule has 98 valence electrons. The number of rotatable bonds is 5. The minimum absolute atomic E-state index is 0.110. The summed E-state index contributed by atoms with van der Waals surface area (Å²) < 4.78 is 0. The van der Waals surface area contributed by atoms with Gasteiger partial charge in [-0.2, -0.15) is 0 Å². The number of hydrogen-bond donors (Lipinski definition) is 3. The van der Waals surface area contributed by atoms with E-state index in [1.54, 1.807) is 12.1 Å². The lowest BCUT2D eigenvalue weighted by atomic mass is 10.2. The Labute approximate surface area is 112 Å². The molecular formula is C15H16N2O2. The Kier molecular flexibility index (Phi) is 4.53. The summed E-state index contributed by atoms with van der Waals surface area (Å²) in [4.78, 5) is 11.7. The van der Waals surface area contributed by atoms with Crippen molar-refractivity contribution in [2.75, 3.05) is 11.9 Å². The molecule has 2 rings (SSSR count). The Morgan fingerprint density at radius 2 is 1.68 bits per heavy atom. The van der Waals surface area contributed by atoms with Gasteiger partial charge in [-0.15, -0.1) is 0 Å². The highest BCUT2D eigenvalue weighted by molar-refractivity contribution is 5.92. The first-order valence-electron chi connectivity index (χ1n) is 6.08. The number of nitrogens with one attached hydrogen (secondary N) is 2. The number of carbonyl (C=O) groups excluding carboxylic acids is 1. The number of carbonyl (C=O) groups is 1. The molecule has 0 bridgehead atoms. The molecule has 0 aliphatic carbocycles. The van der Waals surface area contributed by atoms with Crippen LogP contribution in [0.1, 0.15) is 5.56 Å². The summed E-state index contributed by atoms with van der Waals surface area (Å²) in [5.41, 5.74) is 1.55. The summed E-state index contributed by atoms with van der Waals surface area (Å²) in [5, 5.41) is 15.3. The molecule has 4 heteroatoms. The molecule has 0 aliphatic heterocycles. The van der Waals surface area contributed by atoms with Crippen LogP contribution in [0, 0.1) is 0 Å². The fourth-order valence-electron chi connectivity index (χ4n) is 1.70. The minimum atomic E-state index is -0.110. The van der Waals surface area contributed by atoms with Crippen LogP contribution in [0.3, 0.4) is 0 Å². The fourth-order valence-corrected chi connectivity index (χ4v) is 1.70. The van der Waals surface area contributed by atoms with Crippen molar-refractivity contribution in [1.29, 1.82) is 0 Å². The normalized spacial score (nSPS) is 10.1. The van der Waals surface area contributed by atoms with Crippen molar-refractivity contribution in [3.8, 4) is 5.75 Å². The largest absolute Gasteiger partial charge is 0.508 e. The third-order valence-electron chi connectivity index (χ3n) is 2.65. The Balaban J connectivity index is 1.77. The zero-order valence-electron chi connectivity index (χ0n) is 10.5. The van der Waals surface area contributed by atoms with Gasteiger partial charge in [-0.25, -0.2) is 0 Å². The van der Waals surface area contributed by atoms with Crippen molar-refractivity contribution in [1.82, 2.24) is 5.32 Å². The SMILES string of the molecule is O=C(CNCc1ccccc1O)Nc1ccccc1. The topological polar surface area (TPSA) is 61.4 Å². The fraction of sp³-hybridized carbons (Fsp3) is 0.133. The maximum atomic E-state index is 11.7. The number of amides is 1. The zero-order valence-corrected chi connectivity index (χ0v) is 10.5. The second-order valence-electron chi connectivity index (χ2n) is 4.15. The molecule has 2 aromatic rings. The van der Waals surface area contributed by atoms with Crippen LogP contribution in [0.2, 0.25) is 0 Å². The summed E-state index contributed by atoms with van der Waals surface area (Å²) in [7, 11) is 0. The highest BCUT2D eigenvalue weighted by atomic mass is 16.3. The first kappa shape index (κ1) is 13.1. The quantitative estimate of drug-likeness (QED) is 0.768. The second kappa shape index (κ2) is 6.56. The van der Waals surface area contributed by atoms with Gasteiger partial charge in [0.2, 0.25) is 5.91 Å². The van der Waals surface area contributed by atoms with Gasteiger partial charge in [-0.1, -0.05) is 36.4 Å². The number of para-hydroxylation sites is 2. The molecule has 0 spiro atoms. The standard InChI is InChI=1S/C15H16N2O2/c18-14-9-5-4-6-12(14)10-16-11-15(19)17-13-7-2-1-3-8-13/h1-9,16,18H,10-11H2,(H,17,19). The Morgan fingerprint density at radius 1 is 1.00 bits per heavy atom. The Hall–Kier alpha value is -2.33. The van der Waals surface area contributed by atoms with Crippen LogP contribution in [0.4, 0.5) is 5.69 Å². The van der Waals surface area contributed by atoms with Gasteiger partial charge in [0.15, 0.2) is 0 Å². The average Bonchev–Trinajstić information content (AvgIpc) is 2.42. The molecule has 0 radical (unpaired) electrons. The van der Waals surface area contributed by atoms with E-state index in [1.807, 2.05) is 42.5 Å². The van der Waals surface area contributed by atoms with E-state index in [0.717, 1.165) is 11.3 Å². The number of phenolic OH excluding ortho intramolecular Hbond substituents is 1. The minimum Gasteiger partial charge on any atom is -0.508 e. The molecule has 2 aromatic carbocycles. The number of benzene rings is 2. The van der Waals surface area contributed by atoms with Crippen molar-refractivity contribution in [2.45, 2.75) is 6.54 Å². The lowest BCUT2D eigenvalue weighted by Crippen LogP contribution is -2.27. The van der Waals surface area contributed by atoms with Crippen LogP contribution in [-0.4, -0.2) is 17.6 Å². The van der Waals surface area contributed by atoms with Crippen molar-refractivity contribution >= 4 is 11.6 Å². The van der Waals surface area contributed by atoms with Crippen LogP contribution in [-0.2, 0) is 11.3 Å². The summed E-state index contributed by atoms with van der Waals surface area (Å²) in [6.45, 7) is 0.651. The van der Waals surface area contributed by atoms with Gasteiger partial charge in [-0.05, 0) is 18.2 Å². The maximum Gasteiger partial charge on any atom is 0.238 e. The molecule has 0 unspecified atom stereocenters. The number of anilines is 1. The van der Waals surface area contributed by atoms with Crippen LogP contribution < -0.4 is 10.6 Å². The molecule has 0 aliphatic rings. The van der Waals surface area contributed by atoms with Crippen molar-refractivity contribution in [3.05, 3.63) is 60.2 Å². The third-order valence-corrected chi connectivity index (χ3v) is 2.65. The predicted octanol–water partition coefficient (Wildman–Crippen LogP) is 2.12. The highest BCUT2D eigenvalue weighted by Gasteiger charge is 2.03. The molecule has 4 nitrogen and oxygen atoms in total. The summed E-state index contributed by atoms with van der Waals surface area (Å²) in [6, 6.07) is 16.4. The molecular weight excluding hydrogens is 240 g/mol. The van der Waals surface area contributed by atoms with Crippen molar-refractivity contribution < 1.29 is 9.90 Å². The maximum absolute atomic E-state index is 11.7. The van der Waals surface area contributed by atoms with Crippen molar-refractivity contribution in [3.63, 3.8) is 0 Å². The lowest BCUT2D eigenvalue weighted by molar-refractivity contribution is -0.115. The molecule has 0 aromatic heterocycles. The van der Waals surface area contributed by atoms with E-state index in [-0.39, 0.29) is 18.2 Å². The Bertz CT molecular complexity index is 541. The Morgan fingerprint density at radius 3 is 2.42 bits per heavy atom. The molecule has 0 fully saturated rings. The zero-order chi connectivity index (χ0) is 13.5. The number of hydrogen-bond acceptors (Lipinski definition) is 3. The monoisotopic (exact) mass is 256 g/mol. The van der Waals surface area contributed by atoms with Crippen LogP contribution >= 0.6 is 0 Å². The van der Waals surface area contributed by atoms with Gasteiger partial charge in [-0.3, -0.25) is 4.79 Å². The molecule has 0 saturated heterocycles. The first-order valence-corrected chi connectivity index (χ1v) is 6.08. The summed E-state index contributed by atoms with van der Waals surface area (Å²) in [6.07, 6.45) is 0. The van der Waals surface area contributed by atoms with Crippen LogP contribution in [0.5, 0.6) is 5.75 Å². The molecule has 0 saturated carbocycles. The number of aromatic hydroxyl groups is 1. The lowest BCUT2D eigenvalue weighted by Gasteiger charge is -2.07. The van der Waals surface area contributed by atoms with E-state index in [9.17, 15) is 9.90 Å². The number of phenols is 1. The molecule has 3 N–H and O–H groups in total. The van der Waals surface area contributed by atoms with E-state index in [1.165, 1.54) is 0 Å². The van der Waals surface area contributed by atoms with E-state index >= 15 is 0 Å². The highest BCUT2D eigenvalue weighted by Crippen LogP contribution is 2.14.